The van der Waals surface area contributed by atoms with Crippen molar-refractivity contribution in [2.24, 2.45) is 0 Å². The van der Waals surface area contributed by atoms with Crippen LogP contribution in [-0.4, -0.2) is 8.07 Å². The molecule has 1 aliphatic rings. The molecule has 0 aliphatic heterocycles. The van der Waals surface area contributed by atoms with Crippen LogP contribution in [0.4, 0.5) is 0 Å². The van der Waals surface area contributed by atoms with Crippen molar-refractivity contribution in [3.63, 3.8) is 0 Å². The van der Waals surface area contributed by atoms with Gasteiger partial charge in [-0.3, -0.25) is 0 Å². The predicted octanol–water partition coefficient (Wildman–Crippen LogP) is 12.1. The molecule has 51 heavy (non-hydrogen) atoms. The molecule has 1 atom stereocenters. The zero-order valence-corrected chi connectivity index (χ0v) is 30.6. The number of benzene rings is 7. The summed E-state index contributed by atoms with van der Waals surface area (Å²) in [6.07, 6.45) is 10.4. The van der Waals surface area contributed by atoms with Crippen LogP contribution in [-0.2, 0) is 0 Å². The van der Waals surface area contributed by atoms with Gasteiger partial charge >= 0.3 is 0 Å². The van der Waals surface area contributed by atoms with Gasteiger partial charge < -0.3 is 0 Å². The fourth-order valence-electron chi connectivity index (χ4n) is 8.56. The Morgan fingerprint density at radius 1 is 0.431 bits per heavy atom. The molecule has 0 saturated heterocycles. The topological polar surface area (TPSA) is 0 Å². The molecule has 0 spiro atoms. The fourth-order valence-corrected chi connectivity index (χ4v) is 16.4. The molecule has 7 aromatic carbocycles. The zero-order chi connectivity index (χ0) is 33.8. The number of hydrogen-bond acceptors (Lipinski definition) is 2. The van der Waals surface area contributed by atoms with Crippen LogP contribution in [0.25, 0.3) is 62.6 Å². The lowest BCUT2D eigenvalue weighted by atomic mass is 10.0. The number of fused-ring (bicyclic) bond motifs is 6. The summed E-state index contributed by atoms with van der Waals surface area (Å²) in [4.78, 5) is 0. The van der Waals surface area contributed by atoms with Crippen molar-refractivity contribution in [1.82, 2.24) is 0 Å². The maximum absolute atomic E-state index is 2.68. The van der Waals surface area contributed by atoms with Crippen molar-refractivity contribution in [1.29, 1.82) is 0 Å². The van der Waals surface area contributed by atoms with E-state index in [0.29, 0.717) is 5.54 Å². The van der Waals surface area contributed by atoms with Crippen molar-refractivity contribution in [2.45, 2.75) is 12.0 Å². The maximum atomic E-state index is 2.55. The molecule has 0 saturated carbocycles. The van der Waals surface area contributed by atoms with Gasteiger partial charge in [0, 0.05) is 40.3 Å². The molecule has 9 aromatic rings. The van der Waals surface area contributed by atoms with E-state index in [0.717, 1.165) is 6.42 Å². The largest absolute Gasteiger partial charge is 0.155 e. The van der Waals surface area contributed by atoms with E-state index in [9.17, 15) is 0 Å². The van der Waals surface area contributed by atoms with Crippen molar-refractivity contribution in [2.75, 3.05) is 0 Å². The Kier molecular flexibility index (Phi) is 7.46. The molecule has 0 radical (unpaired) electrons. The summed E-state index contributed by atoms with van der Waals surface area (Å²) in [6.45, 7) is 0. The molecule has 2 aromatic heterocycles. The highest BCUT2D eigenvalue weighted by atomic mass is 32.1. The average molecular weight is 703 g/mol. The van der Waals surface area contributed by atoms with E-state index in [2.05, 4.69) is 188 Å². The van der Waals surface area contributed by atoms with Gasteiger partial charge in [0.1, 0.15) is 0 Å². The van der Waals surface area contributed by atoms with Gasteiger partial charge in [-0.2, -0.15) is 0 Å². The smallest absolute Gasteiger partial charge is 0.135 e. The first-order valence-electron chi connectivity index (χ1n) is 17.7. The van der Waals surface area contributed by atoms with E-state index in [-0.39, 0.29) is 0 Å². The third kappa shape index (κ3) is 4.91. The van der Waals surface area contributed by atoms with E-state index in [1.807, 2.05) is 22.7 Å². The molecule has 0 N–H and O–H groups in total. The Hall–Kier alpha value is -5.32. The van der Waals surface area contributed by atoms with Crippen molar-refractivity contribution < 1.29 is 0 Å². The van der Waals surface area contributed by atoms with Crippen LogP contribution >= 0.6 is 22.7 Å². The second-order valence-electron chi connectivity index (χ2n) is 13.6. The molecular weight excluding hydrogens is 669 g/mol. The first kappa shape index (κ1) is 30.5. The molecule has 1 aliphatic carbocycles. The molecular formula is C48H34S2Si. The Balaban J connectivity index is 1.23. The van der Waals surface area contributed by atoms with E-state index in [1.165, 1.54) is 78.2 Å². The number of hydrogen-bond donors (Lipinski definition) is 0. The standard InChI is InChI=1S/C48H34S2Si/c1-3-17-35(18-4-1)51(36-19-5-2-6-20-36,37-21-11-15-33(31-37)39-25-13-27-43-41-23-7-9-29-45(41)49-47(39)43)38-22-12-16-34(32-38)40-26-14-28-44-42-24-8-10-30-46(42)50-48(40)44/h1-19,21-32,36H,20H2. The average Bonchev–Trinajstić information content (AvgIpc) is 3.78. The zero-order valence-electron chi connectivity index (χ0n) is 28.0. The minimum absolute atomic E-state index is 0.357. The van der Waals surface area contributed by atoms with Gasteiger partial charge in [-0.15, -0.1) is 22.7 Å². The lowest BCUT2D eigenvalue weighted by Gasteiger charge is -2.40. The molecule has 1 unspecified atom stereocenters. The van der Waals surface area contributed by atoms with Gasteiger partial charge in [0.2, 0.25) is 0 Å². The van der Waals surface area contributed by atoms with Gasteiger partial charge in [-0.1, -0.05) is 176 Å². The Bertz CT molecular complexity index is 2640. The van der Waals surface area contributed by atoms with Crippen LogP contribution < -0.4 is 15.6 Å². The second-order valence-corrected chi connectivity index (χ2v) is 19.7. The summed E-state index contributed by atoms with van der Waals surface area (Å²) in [5.74, 6) is 0. The monoisotopic (exact) mass is 702 g/mol. The van der Waals surface area contributed by atoms with E-state index in [1.54, 1.807) is 0 Å². The molecule has 10 rings (SSSR count). The molecule has 2 heterocycles. The highest BCUT2D eigenvalue weighted by Crippen LogP contribution is 2.42. The van der Waals surface area contributed by atoms with Crippen LogP contribution in [0, 0.1) is 0 Å². The summed E-state index contributed by atoms with van der Waals surface area (Å²) in [6, 6.07) is 62.0. The van der Waals surface area contributed by atoms with Crippen molar-refractivity contribution >= 4 is 86.7 Å². The van der Waals surface area contributed by atoms with E-state index in [4.69, 9.17) is 0 Å². The Labute approximate surface area is 307 Å². The minimum atomic E-state index is -2.68. The van der Waals surface area contributed by atoms with E-state index < -0.39 is 8.07 Å². The number of thiophene rings is 2. The molecule has 242 valence electrons. The first-order valence-corrected chi connectivity index (χ1v) is 21.4. The number of rotatable bonds is 6. The molecule has 0 bridgehead atoms. The Morgan fingerprint density at radius 3 is 1.47 bits per heavy atom. The first-order chi connectivity index (χ1) is 25.3. The van der Waals surface area contributed by atoms with Crippen molar-refractivity contribution in [3.8, 4) is 22.3 Å². The van der Waals surface area contributed by atoms with Gasteiger partial charge in [0.05, 0.1) is 0 Å². The maximum Gasteiger partial charge on any atom is 0.155 e. The summed E-state index contributed by atoms with van der Waals surface area (Å²) in [5.41, 5.74) is 5.57. The summed E-state index contributed by atoms with van der Waals surface area (Å²) in [5, 5.41) is 9.71. The van der Waals surface area contributed by atoms with Crippen LogP contribution in [0.1, 0.15) is 6.42 Å². The summed E-state index contributed by atoms with van der Waals surface area (Å²) >= 11 is 3.82. The SMILES string of the molecule is C1=CCC([Si](c2ccccc2)(c2cccc(-c3cccc4c3sc3ccccc34)c2)c2cccc(-c3cccc4c3sc3ccccc34)c2)C=C1. The van der Waals surface area contributed by atoms with Crippen molar-refractivity contribution in [3.05, 3.63) is 188 Å². The summed E-state index contributed by atoms with van der Waals surface area (Å²) in [7, 11) is -2.68. The molecule has 0 nitrogen and oxygen atoms in total. The molecule has 0 fully saturated rings. The van der Waals surface area contributed by atoms with Gasteiger partial charge in [0.15, 0.2) is 8.07 Å². The fraction of sp³-hybridized carbons (Fsp3) is 0.0417. The lowest BCUT2D eigenvalue weighted by molar-refractivity contribution is 0.997. The molecule has 0 amide bonds. The van der Waals surface area contributed by atoms with Crippen LogP contribution in [0.15, 0.2) is 188 Å². The lowest BCUT2D eigenvalue weighted by Crippen LogP contribution is -2.69. The van der Waals surface area contributed by atoms with E-state index >= 15 is 0 Å². The normalized spacial score (nSPS) is 14.6. The summed E-state index contributed by atoms with van der Waals surface area (Å²) < 4.78 is 5.41. The van der Waals surface area contributed by atoms with Crippen LogP contribution in [0.2, 0.25) is 5.54 Å². The van der Waals surface area contributed by atoms with Crippen LogP contribution in [0.5, 0.6) is 0 Å². The number of allylic oxidation sites excluding steroid dienone is 4. The Morgan fingerprint density at radius 2 is 0.922 bits per heavy atom. The predicted molar refractivity (Wildman–Crippen MR) is 227 cm³/mol. The molecule has 3 heteroatoms. The van der Waals surface area contributed by atoms with Gasteiger partial charge in [0.25, 0.3) is 0 Å². The third-order valence-electron chi connectivity index (χ3n) is 10.8. The van der Waals surface area contributed by atoms with Gasteiger partial charge in [-0.25, -0.2) is 0 Å². The van der Waals surface area contributed by atoms with Gasteiger partial charge in [-0.05, 0) is 61.9 Å². The highest BCUT2D eigenvalue weighted by molar-refractivity contribution is 7.26. The highest BCUT2D eigenvalue weighted by Gasteiger charge is 2.45. The minimum Gasteiger partial charge on any atom is -0.135 e. The second kappa shape index (κ2) is 12.5. The van der Waals surface area contributed by atoms with Crippen LogP contribution in [0.3, 0.4) is 0 Å². The quantitative estimate of drug-likeness (QED) is 0.120. The third-order valence-corrected chi connectivity index (χ3v) is 18.5.